The smallest absolute Gasteiger partial charge is 0.324 e. The molecule has 2 aliphatic heterocycles. The van der Waals surface area contributed by atoms with Gasteiger partial charge in [0.25, 0.3) is 0 Å². The quantitative estimate of drug-likeness (QED) is 0.420. The van der Waals surface area contributed by atoms with Crippen LogP contribution in [-0.2, 0) is 11.2 Å². The van der Waals surface area contributed by atoms with Gasteiger partial charge in [-0.15, -0.1) is 0 Å². The number of hydrogen-bond donors (Lipinski definition) is 2. The Morgan fingerprint density at radius 2 is 1.92 bits per heavy atom. The standard InChI is InChI=1S/C26H29FN8O2/c1-29-19-9-15(27)8-18-17(19)10-20-22(18)23(35-13-21(28)26(14-35)2-3-26)33-25(32-20)37-16-11-30-24(31-12-16)34-4-6-36-7-5-34/h8-9,11-12,21,29H,2-7,10,13-14,28H2,1H3/t21-/m0/s1. The fourth-order valence-corrected chi connectivity index (χ4v) is 5.83. The van der Waals surface area contributed by atoms with Gasteiger partial charge in [-0.2, -0.15) is 9.97 Å². The molecular formula is C26H29FN8O2. The molecule has 192 valence electrons. The van der Waals surface area contributed by atoms with Crippen LogP contribution in [0.3, 0.4) is 0 Å². The summed E-state index contributed by atoms with van der Waals surface area (Å²) in [5.41, 5.74) is 11.0. The molecule has 3 N–H and O–H groups in total. The SMILES string of the molecule is CNc1cc(F)cc2c1Cc1nc(Oc3cnc(N4CCOCC4)nc3)nc(N3C[C@H](N)C4(CC4)C3)c1-2. The minimum Gasteiger partial charge on any atom is -0.421 e. The van der Waals surface area contributed by atoms with E-state index in [2.05, 4.69) is 25.1 Å². The summed E-state index contributed by atoms with van der Waals surface area (Å²) in [6, 6.07) is 3.41. The fourth-order valence-electron chi connectivity index (χ4n) is 5.83. The predicted molar refractivity (Wildman–Crippen MR) is 137 cm³/mol. The number of anilines is 3. The molecule has 0 unspecified atom stereocenters. The highest BCUT2D eigenvalue weighted by Crippen LogP contribution is 2.54. The van der Waals surface area contributed by atoms with Crippen LogP contribution in [0.1, 0.15) is 24.1 Å². The van der Waals surface area contributed by atoms with Gasteiger partial charge in [0.2, 0.25) is 5.95 Å². The van der Waals surface area contributed by atoms with Crippen molar-refractivity contribution >= 4 is 17.5 Å². The van der Waals surface area contributed by atoms with E-state index >= 15 is 0 Å². The molecule has 37 heavy (non-hydrogen) atoms. The molecule has 2 saturated heterocycles. The largest absolute Gasteiger partial charge is 0.421 e. The average molecular weight is 505 g/mol. The molecule has 11 heteroatoms. The third-order valence-corrected chi connectivity index (χ3v) is 8.06. The Balaban J connectivity index is 1.25. The number of ether oxygens (including phenoxy) is 2. The summed E-state index contributed by atoms with van der Waals surface area (Å²) in [6.45, 7) is 4.37. The van der Waals surface area contributed by atoms with Crippen molar-refractivity contribution in [1.29, 1.82) is 0 Å². The van der Waals surface area contributed by atoms with Crippen molar-refractivity contribution in [3.63, 3.8) is 0 Å². The van der Waals surface area contributed by atoms with Gasteiger partial charge in [0.1, 0.15) is 11.6 Å². The van der Waals surface area contributed by atoms with Crippen LogP contribution in [0.2, 0.25) is 0 Å². The van der Waals surface area contributed by atoms with E-state index in [1.54, 1.807) is 25.5 Å². The minimum atomic E-state index is -0.295. The predicted octanol–water partition coefficient (Wildman–Crippen LogP) is 2.58. The molecule has 2 aromatic heterocycles. The second-order valence-electron chi connectivity index (χ2n) is 10.3. The zero-order valence-electron chi connectivity index (χ0n) is 20.7. The lowest BCUT2D eigenvalue weighted by Gasteiger charge is -2.26. The van der Waals surface area contributed by atoms with Crippen LogP contribution in [0, 0.1) is 11.2 Å². The molecule has 0 amide bonds. The first kappa shape index (κ1) is 22.6. The number of benzene rings is 1. The van der Waals surface area contributed by atoms with Crippen LogP contribution in [0.5, 0.6) is 11.8 Å². The number of nitrogens with zero attached hydrogens (tertiary/aromatic N) is 6. The monoisotopic (exact) mass is 504 g/mol. The Bertz CT molecular complexity index is 1360. The van der Waals surface area contributed by atoms with Crippen molar-refractivity contribution in [1.82, 2.24) is 19.9 Å². The van der Waals surface area contributed by atoms with Crippen LogP contribution in [0.4, 0.5) is 21.8 Å². The lowest BCUT2D eigenvalue weighted by molar-refractivity contribution is 0.122. The summed E-state index contributed by atoms with van der Waals surface area (Å²) in [7, 11) is 1.80. The lowest BCUT2D eigenvalue weighted by atomic mass is 10.0. The van der Waals surface area contributed by atoms with E-state index in [-0.39, 0.29) is 23.3 Å². The molecule has 1 saturated carbocycles. The van der Waals surface area contributed by atoms with Gasteiger partial charge >= 0.3 is 6.01 Å². The van der Waals surface area contributed by atoms with Gasteiger partial charge < -0.3 is 30.3 Å². The van der Waals surface area contributed by atoms with E-state index in [4.69, 9.17) is 25.2 Å². The number of rotatable bonds is 5. The van der Waals surface area contributed by atoms with Crippen molar-refractivity contribution in [2.24, 2.45) is 11.1 Å². The topological polar surface area (TPSA) is 115 Å². The maximum absolute atomic E-state index is 14.6. The number of morpholine rings is 1. The van der Waals surface area contributed by atoms with Crippen molar-refractivity contribution in [2.45, 2.75) is 25.3 Å². The van der Waals surface area contributed by atoms with Crippen molar-refractivity contribution in [3.8, 4) is 22.9 Å². The van der Waals surface area contributed by atoms with E-state index in [0.29, 0.717) is 37.9 Å². The van der Waals surface area contributed by atoms with Gasteiger partial charge in [-0.25, -0.2) is 14.4 Å². The summed E-state index contributed by atoms with van der Waals surface area (Å²) in [5.74, 6) is 1.55. The first-order valence-corrected chi connectivity index (χ1v) is 12.8. The molecule has 4 aliphatic rings. The molecule has 4 heterocycles. The van der Waals surface area contributed by atoms with Gasteiger partial charge in [0.15, 0.2) is 5.75 Å². The number of nitrogens with two attached hydrogens (primary N) is 1. The van der Waals surface area contributed by atoms with Crippen LogP contribution >= 0.6 is 0 Å². The van der Waals surface area contributed by atoms with E-state index in [1.807, 2.05) is 0 Å². The van der Waals surface area contributed by atoms with Gasteiger partial charge in [-0.05, 0) is 36.1 Å². The van der Waals surface area contributed by atoms with Crippen molar-refractivity contribution in [2.75, 3.05) is 61.6 Å². The highest BCUT2D eigenvalue weighted by molar-refractivity contribution is 5.88. The van der Waals surface area contributed by atoms with Gasteiger partial charge in [-0.3, -0.25) is 0 Å². The summed E-state index contributed by atoms with van der Waals surface area (Å²) in [5, 5.41) is 3.13. The van der Waals surface area contributed by atoms with E-state index < -0.39 is 0 Å². The van der Waals surface area contributed by atoms with Gasteiger partial charge in [-0.1, -0.05) is 0 Å². The molecule has 7 rings (SSSR count). The molecule has 3 aromatic rings. The Hall–Kier alpha value is -3.57. The van der Waals surface area contributed by atoms with Crippen LogP contribution in [0.15, 0.2) is 24.5 Å². The highest BCUT2D eigenvalue weighted by Gasteiger charge is 2.54. The second kappa shape index (κ2) is 8.49. The summed E-state index contributed by atoms with van der Waals surface area (Å²) in [4.78, 5) is 22.9. The molecule has 0 bridgehead atoms. The van der Waals surface area contributed by atoms with Crippen molar-refractivity contribution < 1.29 is 13.9 Å². The second-order valence-corrected chi connectivity index (χ2v) is 10.3. The van der Waals surface area contributed by atoms with E-state index in [9.17, 15) is 4.39 Å². The number of halogens is 1. The Morgan fingerprint density at radius 1 is 1.14 bits per heavy atom. The zero-order chi connectivity index (χ0) is 25.1. The van der Waals surface area contributed by atoms with Crippen LogP contribution in [0.25, 0.3) is 11.1 Å². The maximum Gasteiger partial charge on any atom is 0.324 e. The Kier molecular flexibility index (Phi) is 5.19. The average Bonchev–Trinajstić information content (AvgIpc) is 3.50. The zero-order valence-corrected chi connectivity index (χ0v) is 20.7. The molecule has 1 aromatic carbocycles. The van der Waals surface area contributed by atoms with Crippen molar-refractivity contribution in [3.05, 3.63) is 41.6 Å². The molecule has 1 atom stereocenters. The Morgan fingerprint density at radius 3 is 2.62 bits per heavy atom. The third kappa shape index (κ3) is 3.84. The molecule has 3 fully saturated rings. The summed E-state index contributed by atoms with van der Waals surface area (Å²) < 4.78 is 26.1. The molecule has 1 spiro atoms. The number of nitrogens with one attached hydrogen (secondary N) is 1. The first-order valence-electron chi connectivity index (χ1n) is 12.8. The van der Waals surface area contributed by atoms with Crippen LogP contribution < -0.4 is 25.6 Å². The molecule has 0 radical (unpaired) electrons. The fraction of sp³-hybridized carbons (Fsp3) is 0.462. The Labute approximate surface area is 214 Å². The molecule has 2 aliphatic carbocycles. The third-order valence-electron chi connectivity index (χ3n) is 8.06. The normalized spacial score (nSPS) is 21.2. The summed E-state index contributed by atoms with van der Waals surface area (Å²) >= 11 is 0. The first-order chi connectivity index (χ1) is 18.0. The van der Waals surface area contributed by atoms with E-state index in [0.717, 1.165) is 66.4 Å². The lowest BCUT2D eigenvalue weighted by Crippen LogP contribution is -2.37. The number of hydrogen-bond acceptors (Lipinski definition) is 10. The number of fused-ring (bicyclic) bond motifs is 3. The van der Waals surface area contributed by atoms with Crippen LogP contribution in [-0.4, -0.2) is 72.4 Å². The van der Waals surface area contributed by atoms with Gasteiger partial charge in [0.05, 0.1) is 31.3 Å². The molecule has 10 nitrogen and oxygen atoms in total. The molecular weight excluding hydrogens is 475 g/mol. The highest BCUT2D eigenvalue weighted by atomic mass is 19.1. The van der Waals surface area contributed by atoms with E-state index in [1.165, 1.54) is 6.07 Å². The minimum absolute atomic E-state index is 0.0878. The maximum atomic E-state index is 14.6. The van der Waals surface area contributed by atoms with Gasteiger partial charge in [0, 0.05) is 62.4 Å². The summed E-state index contributed by atoms with van der Waals surface area (Å²) in [6.07, 6.45) is 6.10. The number of aromatic nitrogens is 4.